The van der Waals surface area contributed by atoms with E-state index in [0.29, 0.717) is 5.56 Å². The molecule has 1 amide bonds. The Labute approximate surface area is 120 Å². The summed E-state index contributed by atoms with van der Waals surface area (Å²) < 4.78 is 1.02. The van der Waals surface area contributed by atoms with Crippen LogP contribution < -0.4 is 5.73 Å². The average Bonchev–Trinajstić information content (AvgIpc) is 2.90. The molecule has 0 bridgehead atoms. The molecule has 4 nitrogen and oxygen atoms in total. The Morgan fingerprint density at radius 2 is 2.06 bits per heavy atom. The second-order valence-corrected chi connectivity index (χ2v) is 5.80. The van der Waals surface area contributed by atoms with Crippen molar-refractivity contribution in [3.8, 4) is 0 Å². The molecule has 1 aliphatic heterocycles. The van der Waals surface area contributed by atoms with Gasteiger partial charge in [-0.3, -0.25) is 4.79 Å². The Morgan fingerprint density at radius 1 is 1.39 bits per heavy atom. The van der Waals surface area contributed by atoms with Gasteiger partial charge in [-0.05, 0) is 53.1 Å². The third-order valence-corrected chi connectivity index (χ3v) is 3.90. The lowest BCUT2D eigenvalue weighted by molar-refractivity contribution is -0.134. The summed E-state index contributed by atoms with van der Waals surface area (Å²) in [5.74, 6) is -0.154. The first-order valence-electron chi connectivity index (χ1n) is 6.07. The van der Waals surface area contributed by atoms with Crippen LogP contribution in [0.1, 0.15) is 24.5 Å². The molecule has 2 rings (SSSR count). The van der Waals surface area contributed by atoms with Crippen LogP contribution in [0.4, 0.5) is 0 Å². The number of hydrogen-bond donors (Lipinski definition) is 2. The summed E-state index contributed by atoms with van der Waals surface area (Å²) in [5.41, 5.74) is 6.58. The lowest BCUT2D eigenvalue weighted by Gasteiger charge is -2.24. The number of hydrogen-bond acceptors (Lipinski definition) is 3. The highest BCUT2D eigenvalue weighted by molar-refractivity contribution is 14.1. The zero-order valence-electron chi connectivity index (χ0n) is 10.1. The minimum Gasteiger partial charge on any atom is -0.386 e. The molecule has 0 radical (unpaired) electrons. The predicted octanol–water partition coefficient (Wildman–Crippen LogP) is 1.27. The molecule has 1 heterocycles. The number of nitrogens with zero attached hydrogens (tertiary/aromatic N) is 1. The first-order chi connectivity index (χ1) is 8.59. The minimum atomic E-state index is -0.937. The van der Waals surface area contributed by atoms with E-state index in [1.165, 1.54) is 0 Å². The fourth-order valence-corrected chi connectivity index (χ4v) is 2.75. The Bertz CT molecular complexity index is 433. The van der Waals surface area contributed by atoms with Gasteiger partial charge in [-0.1, -0.05) is 12.1 Å². The maximum atomic E-state index is 12.1. The fraction of sp³-hybridized carbons (Fsp3) is 0.462. The minimum absolute atomic E-state index is 0.154. The number of carbonyl (C=O) groups is 1. The highest BCUT2D eigenvalue weighted by Gasteiger charge is 2.29. The van der Waals surface area contributed by atoms with Crippen LogP contribution in [0, 0.1) is 3.57 Å². The third-order valence-electron chi connectivity index (χ3n) is 3.23. The van der Waals surface area contributed by atoms with Gasteiger partial charge in [0, 0.05) is 16.7 Å². The first-order valence-corrected chi connectivity index (χ1v) is 7.15. The number of amides is 1. The van der Waals surface area contributed by atoms with E-state index >= 15 is 0 Å². The number of benzene rings is 1. The molecule has 1 aromatic rings. The van der Waals surface area contributed by atoms with E-state index < -0.39 is 12.1 Å². The SMILES string of the molecule is NC(C(=O)N1CCCC1)C(O)c1cccc(I)c1. The summed E-state index contributed by atoms with van der Waals surface area (Å²) in [6, 6.07) is 6.56. The second kappa shape index (κ2) is 5.99. The maximum absolute atomic E-state index is 12.1. The van der Waals surface area contributed by atoms with E-state index in [1.807, 2.05) is 18.2 Å². The topological polar surface area (TPSA) is 66.6 Å². The van der Waals surface area contributed by atoms with Crippen molar-refractivity contribution in [2.45, 2.75) is 25.0 Å². The smallest absolute Gasteiger partial charge is 0.242 e. The zero-order valence-corrected chi connectivity index (χ0v) is 12.2. The largest absolute Gasteiger partial charge is 0.386 e. The molecule has 98 valence electrons. The van der Waals surface area contributed by atoms with Crippen LogP contribution in [0.5, 0.6) is 0 Å². The second-order valence-electron chi connectivity index (χ2n) is 4.56. The van der Waals surface area contributed by atoms with Gasteiger partial charge in [-0.2, -0.15) is 0 Å². The van der Waals surface area contributed by atoms with Gasteiger partial charge in [-0.15, -0.1) is 0 Å². The first kappa shape index (κ1) is 13.8. The van der Waals surface area contributed by atoms with Crippen molar-refractivity contribution >= 4 is 28.5 Å². The van der Waals surface area contributed by atoms with Crippen LogP contribution in [0.2, 0.25) is 0 Å². The van der Waals surface area contributed by atoms with E-state index in [1.54, 1.807) is 11.0 Å². The molecule has 0 aliphatic carbocycles. The Kier molecular flexibility index (Phi) is 4.58. The van der Waals surface area contributed by atoms with Gasteiger partial charge in [0.2, 0.25) is 5.91 Å². The Morgan fingerprint density at radius 3 is 2.67 bits per heavy atom. The predicted molar refractivity (Wildman–Crippen MR) is 77.9 cm³/mol. The molecule has 1 fully saturated rings. The van der Waals surface area contributed by atoms with Gasteiger partial charge in [0.15, 0.2) is 0 Å². The van der Waals surface area contributed by atoms with Crippen molar-refractivity contribution in [2.24, 2.45) is 5.73 Å². The normalized spacial score (nSPS) is 18.7. The van der Waals surface area contributed by atoms with E-state index in [-0.39, 0.29) is 5.91 Å². The standard InChI is InChI=1S/C13H17IN2O2/c14-10-5-3-4-9(8-10)12(17)11(15)13(18)16-6-1-2-7-16/h3-5,8,11-12,17H,1-2,6-7,15H2. The third kappa shape index (κ3) is 3.02. The molecule has 0 aromatic heterocycles. The number of likely N-dealkylation sites (tertiary alicyclic amines) is 1. The average molecular weight is 360 g/mol. The van der Waals surface area contributed by atoms with Crippen molar-refractivity contribution in [2.75, 3.05) is 13.1 Å². The molecule has 3 N–H and O–H groups in total. The number of aliphatic hydroxyl groups is 1. The van der Waals surface area contributed by atoms with Crippen LogP contribution in [0.3, 0.4) is 0 Å². The molecular weight excluding hydrogens is 343 g/mol. The van der Waals surface area contributed by atoms with Gasteiger partial charge in [0.05, 0.1) is 0 Å². The molecule has 5 heteroatoms. The van der Waals surface area contributed by atoms with Gasteiger partial charge in [0.25, 0.3) is 0 Å². The monoisotopic (exact) mass is 360 g/mol. The number of halogens is 1. The maximum Gasteiger partial charge on any atom is 0.242 e. The van der Waals surface area contributed by atoms with Crippen molar-refractivity contribution in [1.82, 2.24) is 4.90 Å². The van der Waals surface area contributed by atoms with Crippen LogP contribution in [0.15, 0.2) is 24.3 Å². The summed E-state index contributed by atoms with van der Waals surface area (Å²) in [4.78, 5) is 13.8. The van der Waals surface area contributed by atoms with Crippen LogP contribution in [-0.4, -0.2) is 35.0 Å². The molecule has 1 saturated heterocycles. The molecule has 0 saturated carbocycles. The zero-order chi connectivity index (χ0) is 13.1. The van der Waals surface area contributed by atoms with Crippen LogP contribution in [-0.2, 0) is 4.79 Å². The molecule has 1 aromatic carbocycles. The number of nitrogens with two attached hydrogens (primary N) is 1. The Balaban J connectivity index is 2.08. The molecule has 18 heavy (non-hydrogen) atoms. The van der Waals surface area contributed by atoms with Crippen molar-refractivity contribution < 1.29 is 9.90 Å². The fourth-order valence-electron chi connectivity index (χ4n) is 2.18. The van der Waals surface area contributed by atoms with Gasteiger partial charge < -0.3 is 15.7 Å². The van der Waals surface area contributed by atoms with Crippen molar-refractivity contribution in [3.63, 3.8) is 0 Å². The summed E-state index contributed by atoms with van der Waals surface area (Å²) >= 11 is 2.17. The lowest BCUT2D eigenvalue weighted by atomic mass is 10.0. The Hall–Kier alpha value is -0.660. The summed E-state index contributed by atoms with van der Waals surface area (Å²) in [7, 11) is 0. The van der Waals surface area contributed by atoms with Gasteiger partial charge >= 0.3 is 0 Å². The van der Waals surface area contributed by atoms with Gasteiger partial charge in [0.1, 0.15) is 12.1 Å². The van der Waals surface area contributed by atoms with E-state index in [2.05, 4.69) is 22.6 Å². The number of rotatable bonds is 3. The molecular formula is C13H17IN2O2. The molecule has 2 unspecified atom stereocenters. The van der Waals surface area contributed by atoms with E-state index in [9.17, 15) is 9.90 Å². The van der Waals surface area contributed by atoms with Crippen molar-refractivity contribution in [3.05, 3.63) is 33.4 Å². The lowest BCUT2D eigenvalue weighted by Crippen LogP contribution is -2.45. The van der Waals surface area contributed by atoms with Crippen LogP contribution in [0.25, 0.3) is 0 Å². The molecule has 2 atom stereocenters. The van der Waals surface area contributed by atoms with Crippen LogP contribution >= 0.6 is 22.6 Å². The number of aliphatic hydroxyl groups excluding tert-OH is 1. The summed E-state index contributed by atoms with van der Waals surface area (Å²) in [6.07, 6.45) is 1.11. The highest BCUT2D eigenvalue weighted by atomic mass is 127. The summed E-state index contributed by atoms with van der Waals surface area (Å²) in [5, 5.41) is 10.2. The highest BCUT2D eigenvalue weighted by Crippen LogP contribution is 2.20. The van der Waals surface area contributed by atoms with Gasteiger partial charge in [-0.25, -0.2) is 0 Å². The van der Waals surface area contributed by atoms with E-state index in [0.717, 1.165) is 29.5 Å². The quantitative estimate of drug-likeness (QED) is 0.798. The molecule has 0 spiro atoms. The summed E-state index contributed by atoms with van der Waals surface area (Å²) in [6.45, 7) is 1.51. The van der Waals surface area contributed by atoms with E-state index in [4.69, 9.17) is 5.73 Å². The molecule has 1 aliphatic rings. The number of carbonyl (C=O) groups excluding carboxylic acids is 1. The van der Waals surface area contributed by atoms with Crippen molar-refractivity contribution in [1.29, 1.82) is 0 Å².